The van der Waals surface area contributed by atoms with Gasteiger partial charge in [0.2, 0.25) is 5.91 Å². The van der Waals surface area contributed by atoms with Crippen molar-refractivity contribution in [3.63, 3.8) is 0 Å². The molecule has 0 spiro atoms. The number of halogens is 3. The predicted octanol–water partition coefficient (Wildman–Crippen LogP) is 5.37. The number of nitrogens with zero attached hydrogens (tertiary/aromatic N) is 2. The van der Waals surface area contributed by atoms with Gasteiger partial charge in [0.05, 0.1) is 27.5 Å². The molecular weight excluding hydrogens is 481 g/mol. The number of amides is 1. The van der Waals surface area contributed by atoms with Gasteiger partial charge in [-0.3, -0.25) is 14.5 Å². The Morgan fingerprint density at radius 2 is 1.71 bits per heavy atom. The van der Waals surface area contributed by atoms with E-state index in [1.807, 2.05) is 13.0 Å². The number of anilines is 1. The normalized spacial score (nSPS) is 12.4. The van der Waals surface area contributed by atoms with Gasteiger partial charge in [-0.05, 0) is 68.3 Å². The van der Waals surface area contributed by atoms with Crippen LogP contribution in [0.3, 0.4) is 0 Å². The standard InChI is InChI=1S/C24H23F3N4O3S/c1-14-10-18(8-9-22(14)30-16(3)29-17(4)32)19-11-23(15(2)28-13-19)31-35(33,34)21-7-5-6-20(12-21)24(25,26)27/h5-13,31H,1-4H3,(H,29,30,32). The molecule has 0 aliphatic carbocycles. The van der Waals surface area contributed by atoms with Crippen LogP contribution in [0.2, 0.25) is 0 Å². The van der Waals surface area contributed by atoms with Gasteiger partial charge in [-0.2, -0.15) is 13.2 Å². The zero-order valence-electron chi connectivity index (χ0n) is 19.4. The summed E-state index contributed by atoms with van der Waals surface area (Å²) in [5.74, 6) is 0.211. The van der Waals surface area contributed by atoms with Crippen molar-refractivity contribution in [2.45, 2.75) is 38.8 Å². The number of hydrogen-bond acceptors (Lipinski definition) is 5. The first-order valence-electron chi connectivity index (χ1n) is 10.4. The molecule has 2 N–H and O–H groups in total. The molecule has 184 valence electrons. The van der Waals surface area contributed by atoms with Crippen molar-refractivity contribution >= 4 is 33.1 Å². The van der Waals surface area contributed by atoms with E-state index in [2.05, 4.69) is 20.0 Å². The van der Waals surface area contributed by atoms with Crippen LogP contribution in [0, 0.1) is 13.8 Å². The number of aromatic nitrogens is 1. The number of aryl methyl sites for hydroxylation is 2. The Hall–Kier alpha value is -3.73. The van der Waals surface area contributed by atoms with E-state index in [-0.39, 0.29) is 11.6 Å². The highest BCUT2D eigenvalue weighted by Gasteiger charge is 2.31. The number of sulfonamides is 1. The molecule has 0 aliphatic rings. The molecule has 2 aromatic carbocycles. The minimum Gasteiger partial charge on any atom is -0.315 e. The fourth-order valence-corrected chi connectivity index (χ4v) is 4.42. The summed E-state index contributed by atoms with van der Waals surface area (Å²) >= 11 is 0. The lowest BCUT2D eigenvalue weighted by Gasteiger charge is -2.14. The monoisotopic (exact) mass is 504 g/mol. The summed E-state index contributed by atoms with van der Waals surface area (Å²) in [5.41, 5.74) is 2.20. The lowest BCUT2D eigenvalue weighted by molar-refractivity contribution is -0.137. The Kier molecular flexibility index (Phi) is 7.30. The molecule has 7 nitrogen and oxygen atoms in total. The van der Waals surface area contributed by atoms with Gasteiger partial charge in [0.1, 0.15) is 5.84 Å². The van der Waals surface area contributed by atoms with Crippen LogP contribution in [0.15, 0.2) is 64.6 Å². The van der Waals surface area contributed by atoms with Gasteiger partial charge in [0.15, 0.2) is 0 Å². The second-order valence-electron chi connectivity index (χ2n) is 7.87. The number of pyridine rings is 1. The summed E-state index contributed by atoms with van der Waals surface area (Å²) in [7, 11) is -4.30. The van der Waals surface area contributed by atoms with Crippen molar-refractivity contribution < 1.29 is 26.4 Å². The van der Waals surface area contributed by atoms with Gasteiger partial charge in [-0.1, -0.05) is 12.1 Å². The van der Waals surface area contributed by atoms with Crippen molar-refractivity contribution in [3.8, 4) is 11.1 Å². The molecule has 0 radical (unpaired) electrons. The van der Waals surface area contributed by atoms with Crippen LogP contribution < -0.4 is 10.0 Å². The third-order valence-electron chi connectivity index (χ3n) is 4.98. The molecule has 3 rings (SSSR count). The Labute approximate surface area is 201 Å². The van der Waals surface area contributed by atoms with E-state index in [0.29, 0.717) is 28.8 Å². The predicted molar refractivity (Wildman–Crippen MR) is 128 cm³/mol. The molecule has 1 heterocycles. The number of rotatable bonds is 5. The van der Waals surface area contributed by atoms with E-state index in [1.165, 1.54) is 6.92 Å². The highest BCUT2D eigenvalue weighted by atomic mass is 32.2. The molecule has 0 bridgehead atoms. The SMILES string of the molecule is CC(=O)NC(C)=Nc1ccc(-c2cnc(C)c(NS(=O)(=O)c3cccc(C(F)(F)F)c3)c2)cc1C. The largest absolute Gasteiger partial charge is 0.416 e. The summed E-state index contributed by atoms with van der Waals surface area (Å²) in [6.45, 7) is 6.48. The first kappa shape index (κ1) is 25.9. The lowest BCUT2D eigenvalue weighted by atomic mass is 10.0. The van der Waals surface area contributed by atoms with Gasteiger partial charge in [0, 0.05) is 18.7 Å². The van der Waals surface area contributed by atoms with Crippen LogP contribution in [0.25, 0.3) is 11.1 Å². The highest BCUT2D eigenvalue weighted by Crippen LogP contribution is 2.32. The number of carbonyl (C=O) groups excluding carboxylic acids is 1. The van der Waals surface area contributed by atoms with Crippen LogP contribution in [-0.2, 0) is 21.0 Å². The van der Waals surface area contributed by atoms with Crippen molar-refractivity contribution in [1.29, 1.82) is 0 Å². The Morgan fingerprint density at radius 3 is 2.34 bits per heavy atom. The minimum absolute atomic E-state index is 0.140. The lowest BCUT2D eigenvalue weighted by Crippen LogP contribution is -2.25. The van der Waals surface area contributed by atoms with Crippen molar-refractivity contribution in [2.75, 3.05) is 4.72 Å². The smallest absolute Gasteiger partial charge is 0.315 e. The summed E-state index contributed by atoms with van der Waals surface area (Å²) < 4.78 is 67.0. The number of aliphatic imine (C=N–C) groups is 1. The molecule has 11 heteroatoms. The third-order valence-corrected chi connectivity index (χ3v) is 6.34. The summed E-state index contributed by atoms with van der Waals surface area (Å²) in [6, 6.07) is 10.4. The molecule has 3 aromatic rings. The van der Waals surface area contributed by atoms with Crippen LogP contribution in [0.1, 0.15) is 30.7 Å². The van der Waals surface area contributed by atoms with Gasteiger partial charge < -0.3 is 5.32 Å². The summed E-state index contributed by atoms with van der Waals surface area (Å²) in [5, 5.41) is 2.60. The van der Waals surface area contributed by atoms with Gasteiger partial charge in [0.25, 0.3) is 10.0 Å². The summed E-state index contributed by atoms with van der Waals surface area (Å²) in [4.78, 5) is 19.3. The first-order chi connectivity index (χ1) is 16.3. The zero-order chi connectivity index (χ0) is 26.0. The molecule has 0 unspecified atom stereocenters. The molecule has 0 aliphatic heterocycles. The molecule has 0 fully saturated rings. The zero-order valence-corrected chi connectivity index (χ0v) is 20.2. The maximum atomic E-state index is 13.0. The number of alkyl halides is 3. The number of benzene rings is 2. The maximum Gasteiger partial charge on any atom is 0.416 e. The second-order valence-corrected chi connectivity index (χ2v) is 9.55. The van der Waals surface area contributed by atoms with Crippen molar-refractivity contribution in [2.24, 2.45) is 4.99 Å². The average molecular weight is 505 g/mol. The minimum atomic E-state index is -4.67. The maximum absolute atomic E-state index is 13.0. The van der Waals surface area contributed by atoms with E-state index in [9.17, 15) is 26.4 Å². The quantitative estimate of drug-likeness (QED) is 0.360. The molecule has 0 atom stereocenters. The van der Waals surface area contributed by atoms with E-state index < -0.39 is 26.7 Å². The van der Waals surface area contributed by atoms with Crippen LogP contribution in [0.5, 0.6) is 0 Å². The molecular formula is C24H23F3N4O3S. The topological polar surface area (TPSA) is 101 Å². The summed E-state index contributed by atoms with van der Waals surface area (Å²) in [6.07, 6.45) is -3.10. The van der Waals surface area contributed by atoms with Gasteiger partial charge in [-0.15, -0.1) is 0 Å². The fraction of sp³-hybridized carbons (Fsp3) is 0.208. The average Bonchev–Trinajstić information content (AvgIpc) is 2.75. The van der Waals surface area contributed by atoms with Gasteiger partial charge in [-0.25, -0.2) is 13.4 Å². The van der Waals surface area contributed by atoms with Crippen LogP contribution in [0.4, 0.5) is 24.5 Å². The molecule has 35 heavy (non-hydrogen) atoms. The fourth-order valence-electron chi connectivity index (χ4n) is 3.26. The van der Waals surface area contributed by atoms with E-state index in [4.69, 9.17) is 0 Å². The van der Waals surface area contributed by atoms with Crippen molar-refractivity contribution in [1.82, 2.24) is 10.3 Å². The first-order valence-corrected chi connectivity index (χ1v) is 11.9. The third kappa shape index (κ3) is 6.44. The number of amidine groups is 1. The van der Waals surface area contributed by atoms with Crippen LogP contribution >= 0.6 is 0 Å². The van der Waals surface area contributed by atoms with E-state index in [1.54, 1.807) is 38.2 Å². The number of carbonyl (C=O) groups is 1. The van der Waals surface area contributed by atoms with E-state index in [0.717, 1.165) is 29.3 Å². The second kappa shape index (κ2) is 9.87. The van der Waals surface area contributed by atoms with E-state index >= 15 is 0 Å². The number of nitrogens with one attached hydrogen (secondary N) is 2. The van der Waals surface area contributed by atoms with Crippen LogP contribution in [-0.4, -0.2) is 25.1 Å². The van der Waals surface area contributed by atoms with Gasteiger partial charge >= 0.3 is 6.18 Å². The molecule has 0 saturated carbocycles. The molecule has 1 aromatic heterocycles. The Bertz CT molecular complexity index is 1420. The van der Waals surface area contributed by atoms with Crippen molar-refractivity contribution in [3.05, 3.63) is 71.5 Å². The highest BCUT2D eigenvalue weighted by molar-refractivity contribution is 7.92. The molecule has 0 saturated heterocycles. The number of hydrogen-bond donors (Lipinski definition) is 2. The molecule has 1 amide bonds. The Morgan fingerprint density at radius 1 is 1.00 bits per heavy atom. The Balaban J connectivity index is 1.92.